The maximum atomic E-state index is 12.5. The third-order valence-electron chi connectivity index (χ3n) is 3.84. The Morgan fingerprint density at radius 2 is 2.16 bits per heavy atom. The molecule has 0 saturated heterocycles. The summed E-state index contributed by atoms with van der Waals surface area (Å²) in [5.41, 5.74) is 2.03. The van der Waals surface area contributed by atoms with Crippen LogP contribution >= 0.6 is 0 Å². The standard InChI is InChI=1S/C17H21N7O/c1-12(2)16-19-6-7-24(16)10-14-8-15(22-21-14)17(25)23(3)9-13-4-5-18-11-20-13/h4-8,11-12H,9-10H2,1-3H3,(H,21,22). The van der Waals surface area contributed by atoms with Crippen LogP contribution in [-0.2, 0) is 13.1 Å². The maximum absolute atomic E-state index is 12.5. The number of H-pyrrole nitrogens is 1. The van der Waals surface area contributed by atoms with Gasteiger partial charge in [-0.05, 0) is 12.1 Å². The molecule has 0 bridgehead atoms. The Kier molecular flexibility index (Phi) is 4.87. The number of imidazole rings is 1. The van der Waals surface area contributed by atoms with Crippen LogP contribution in [0.3, 0.4) is 0 Å². The highest BCUT2D eigenvalue weighted by Crippen LogP contribution is 2.14. The molecule has 0 radical (unpaired) electrons. The first kappa shape index (κ1) is 16.8. The number of rotatable bonds is 6. The number of nitrogens with zero attached hydrogens (tertiary/aromatic N) is 6. The average molecular weight is 339 g/mol. The second-order valence-electron chi connectivity index (χ2n) is 6.21. The largest absolute Gasteiger partial charge is 0.334 e. The first-order valence-electron chi connectivity index (χ1n) is 8.10. The van der Waals surface area contributed by atoms with Crippen molar-refractivity contribution in [2.45, 2.75) is 32.9 Å². The molecule has 0 atom stereocenters. The van der Waals surface area contributed by atoms with Crippen LogP contribution in [0.5, 0.6) is 0 Å². The first-order chi connectivity index (χ1) is 12.0. The Balaban J connectivity index is 1.68. The van der Waals surface area contributed by atoms with Gasteiger partial charge in [0, 0.05) is 31.6 Å². The number of amides is 1. The predicted octanol–water partition coefficient (Wildman–Crippen LogP) is 1.84. The van der Waals surface area contributed by atoms with Gasteiger partial charge >= 0.3 is 0 Å². The van der Waals surface area contributed by atoms with E-state index < -0.39 is 0 Å². The summed E-state index contributed by atoms with van der Waals surface area (Å²) in [6.45, 7) is 5.21. The number of carbonyl (C=O) groups excluding carboxylic acids is 1. The Morgan fingerprint density at radius 3 is 2.88 bits per heavy atom. The van der Waals surface area contributed by atoms with Crippen molar-refractivity contribution in [1.82, 2.24) is 34.6 Å². The van der Waals surface area contributed by atoms with Crippen molar-refractivity contribution in [2.75, 3.05) is 7.05 Å². The topological polar surface area (TPSA) is 92.6 Å². The van der Waals surface area contributed by atoms with Crippen LogP contribution in [-0.4, -0.2) is 47.6 Å². The Bertz CT molecular complexity index is 838. The van der Waals surface area contributed by atoms with Gasteiger partial charge in [0.2, 0.25) is 0 Å². The van der Waals surface area contributed by atoms with Gasteiger partial charge in [-0.2, -0.15) is 5.10 Å². The molecule has 8 heteroatoms. The number of nitrogens with one attached hydrogen (secondary N) is 1. The van der Waals surface area contributed by atoms with Crippen molar-refractivity contribution < 1.29 is 4.79 Å². The van der Waals surface area contributed by atoms with E-state index in [-0.39, 0.29) is 5.91 Å². The van der Waals surface area contributed by atoms with E-state index in [1.165, 1.54) is 6.33 Å². The highest BCUT2D eigenvalue weighted by molar-refractivity contribution is 5.92. The number of aromatic amines is 1. The molecule has 0 aliphatic carbocycles. The van der Waals surface area contributed by atoms with Gasteiger partial charge in [0.1, 0.15) is 17.8 Å². The lowest BCUT2D eigenvalue weighted by Crippen LogP contribution is -2.26. The molecule has 130 valence electrons. The molecular weight excluding hydrogens is 318 g/mol. The predicted molar refractivity (Wildman–Crippen MR) is 91.8 cm³/mol. The van der Waals surface area contributed by atoms with Crippen LogP contribution in [0.25, 0.3) is 0 Å². The SMILES string of the molecule is CC(C)c1nccn1Cc1cc(C(=O)N(C)Cc2ccncn2)n[nH]1. The zero-order valence-electron chi connectivity index (χ0n) is 14.5. The van der Waals surface area contributed by atoms with Crippen LogP contribution in [0, 0.1) is 0 Å². The molecule has 0 aliphatic rings. The summed E-state index contributed by atoms with van der Waals surface area (Å²) in [5.74, 6) is 1.18. The molecule has 0 saturated carbocycles. The number of hydrogen-bond acceptors (Lipinski definition) is 5. The molecule has 3 heterocycles. The van der Waals surface area contributed by atoms with Gasteiger partial charge in [-0.1, -0.05) is 13.8 Å². The van der Waals surface area contributed by atoms with Crippen molar-refractivity contribution >= 4 is 5.91 Å². The number of hydrogen-bond donors (Lipinski definition) is 1. The van der Waals surface area contributed by atoms with E-state index in [9.17, 15) is 4.79 Å². The zero-order valence-corrected chi connectivity index (χ0v) is 14.5. The minimum atomic E-state index is -0.157. The van der Waals surface area contributed by atoms with Crippen molar-refractivity contribution in [3.05, 3.63) is 60.0 Å². The van der Waals surface area contributed by atoms with Crippen LogP contribution in [0.2, 0.25) is 0 Å². The average Bonchev–Trinajstić information content (AvgIpc) is 3.25. The lowest BCUT2D eigenvalue weighted by molar-refractivity contribution is 0.0777. The fourth-order valence-corrected chi connectivity index (χ4v) is 2.61. The van der Waals surface area contributed by atoms with Gasteiger partial charge in [-0.3, -0.25) is 9.89 Å². The van der Waals surface area contributed by atoms with Crippen LogP contribution < -0.4 is 0 Å². The maximum Gasteiger partial charge on any atom is 0.274 e. The van der Waals surface area contributed by atoms with Crippen molar-refractivity contribution in [2.24, 2.45) is 0 Å². The van der Waals surface area contributed by atoms with Crippen LogP contribution in [0.4, 0.5) is 0 Å². The molecule has 0 fully saturated rings. The molecular formula is C17H21N7O. The van der Waals surface area contributed by atoms with Crippen molar-refractivity contribution in [3.63, 3.8) is 0 Å². The molecule has 3 rings (SSSR count). The van der Waals surface area contributed by atoms with Gasteiger partial charge in [-0.25, -0.2) is 15.0 Å². The highest BCUT2D eigenvalue weighted by atomic mass is 16.2. The Labute approximate surface area is 145 Å². The van der Waals surface area contributed by atoms with Crippen LogP contribution in [0.15, 0.2) is 37.1 Å². The van der Waals surface area contributed by atoms with Gasteiger partial charge in [-0.15, -0.1) is 0 Å². The molecule has 3 aromatic rings. The van der Waals surface area contributed by atoms with Gasteiger partial charge in [0.25, 0.3) is 5.91 Å². The van der Waals surface area contributed by atoms with Gasteiger partial charge in [0.15, 0.2) is 0 Å². The molecule has 3 aromatic heterocycles. The third-order valence-corrected chi connectivity index (χ3v) is 3.84. The molecule has 1 N–H and O–H groups in total. The van der Waals surface area contributed by atoms with E-state index in [2.05, 4.69) is 43.6 Å². The van der Waals surface area contributed by atoms with E-state index in [0.717, 1.165) is 17.2 Å². The second kappa shape index (κ2) is 7.25. The second-order valence-corrected chi connectivity index (χ2v) is 6.21. The minimum absolute atomic E-state index is 0.157. The summed E-state index contributed by atoms with van der Waals surface area (Å²) in [6.07, 6.45) is 6.84. The molecule has 0 unspecified atom stereocenters. The van der Waals surface area contributed by atoms with Gasteiger partial charge < -0.3 is 9.47 Å². The van der Waals surface area contributed by atoms with E-state index >= 15 is 0 Å². The van der Waals surface area contributed by atoms with Crippen molar-refractivity contribution in [1.29, 1.82) is 0 Å². The van der Waals surface area contributed by atoms with E-state index in [4.69, 9.17) is 0 Å². The smallest absolute Gasteiger partial charge is 0.274 e. The Hall–Kier alpha value is -3.03. The summed E-state index contributed by atoms with van der Waals surface area (Å²) in [4.78, 5) is 26.5. The first-order valence-corrected chi connectivity index (χ1v) is 8.10. The summed E-state index contributed by atoms with van der Waals surface area (Å²) < 4.78 is 2.05. The molecule has 1 amide bonds. The van der Waals surface area contributed by atoms with Crippen molar-refractivity contribution in [3.8, 4) is 0 Å². The monoisotopic (exact) mass is 339 g/mol. The highest BCUT2D eigenvalue weighted by Gasteiger charge is 2.17. The fourth-order valence-electron chi connectivity index (χ4n) is 2.61. The summed E-state index contributed by atoms with van der Waals surface area (Å²) >= 11 is 0. The summed E-state index contributed by atoms with van der Waals surface area (Å²) in [5, 5.41) is 7.09. The normalized spacial score (nSPS) is 11.0. The number of carbonyl (C=O) groups is 1. The zero-order chi connectivity index (χ0) is 17.8. The molecule has 0 aromatic carbocycles. The summed E-state index contributed by atoms with van der Waals surface area (Å²) in [7, 11) is 1.73. The van der Waals surface area contributed by atoms with E-state index in [1.54, 1.807) is 36.5 Å². The lowest BCUT2D eigenvalue weighted by atomic mass is 10.2. The third kappa shape index (κ3) is 3.90. The van der Waals surface area contributed by atoms with Crippen LogP contribution in [0.1, 0.15) is 47.5 Å². The van der Waals surface area contributed by atoms with E-state index in [1.807, 2.05) is 6.20 Å². The Morgan fingerprint density at radius 1 is 1.32 bits per heavy atom. The van der Waals surface area contributed by atoms with Gasteiger partial charge in [0.05, 0.1) is 24.5 Å². The lowest BCUT2D eigenvalue weighted by Gasteiger charge is -2.14. The molecule has 0 spiro atoms. The van der Waals surface area contributed by atoms with E-state index in [0.29, 0.717) is 24.7 Å². The molecule has 25 heavy (non-hydrogen) atoms. The molecule has 0 aliphatic heterocycles. The minimum Gasteiger partial charge on any atom is -0.334 e. The number of aromatic nitrogens is 6. The molecule has 8 nitrogen and oxygen atoms in total. The summed E-state index contributed by atoms with van der Waals surface area (Å²) in [6, 6.07) is 3.56. The quantitative estimate of drug-likeness (QED) is 0.740. The fraction of sp³-hybridized carbons (Fsp3) is 0.353.